The number of benzene rings is 2. The van der Waals surface area contributed by atoms with Crippen molar-refractivity contribution >= 4 is 28.2 Å². The Hall–Kier alpha value is -2.99. The first-order valence-electron chi connectivity index (χ1n) is 9.82. The third kappa shape index (κ3) is 5.13. The highest BCUT2D eigenvalue weighted by Gasteiger charge is 2.23. The number of nitrogens with one attached hydrogen (secondary N) is 1. The number of carbonyl (C=O) groups excluding carboxylic acids is 2. The van der Waals surface area contributed by atoms with Crippen LogP contribution in [0.4, 0.5) is 9.39 Å². The lowest BCUT2D eigenvalue weighted by Crippen LogP contribution is -2.16. The van der Waals surface area contributed by atoms with Crippen molar-refractivity contribution in [2.75, 3.05) is 11.9 Å². The lowest BCUT2D eigenvalue weighted by Gasteiger charge is -2.10. The molecule has 0 unspecified atom stereocenters. The molecule has 1 aromatic heterocycles. The van der Waals surface area contributed by atoms with Crippen molar-refractivity contribution in [2.45, 2.75) is 33.1 Å². The van der Waals surface area contributed by atoms with Gasteiger partial charge >= 0.3 is 5.97 Å². The van der Waals surface area contributed by atoms with Crippen LogP contribution in [-0.4, -0.2) is 18.5 Å². The van der Waals surface area contributed by atoms with Crippen LogP contribution < -0.4 is 5.32 Å². The van der Waals surface area contributed by atoms with Gasteiger partial charge in [0.2, 0.25) is 5.91 Å². The van der Waals surface area contributed by atoms with Gasteiger partial charge < -0.3 is 10.1 Å². The average molecular weight is 426 g/mol. The number of hydrogen-bond acceptors (Lipinski definition) is 4. The maximum absolute atomic E-state index is 13.1. The lowest BCUT2D eigenvalue weighted by atomic mass is 9.98. The zero-order valence-electron chi connectivity index (χ0n) is 17.2. The molecule has 0 saturated carbocycles. The highest BCUT2D eigenvalue weighted by atomic mass is 32.1. The summed E-state index contributed by atoms with van der Waals surface area (Å²) in [5.74, 6) is -0.697. The van der Waals surface area contributed by atoms with E-state index in [1.165, 1.54) is 29.0 Å². The number of ether oxygens (including phenoxy) is 1. The van der Waals surface area contributed by atoms with Gasteiger partial charge in [0.05, 0.1) is 13.0 Å². The van der Waals surface area contributed by atoms with Crippen LogP contribution >= 0.6 is 11.3 Å². The van der Waals surface area contributed by atoms with Crippen molar-refractivity contribution < 1.29 is 18.7 Å². The summed E-state index contributed by atoms with van der Waals surface area (Å²) in [5, 5.41) is 5.12. The van der Waals surface area contributed by atoms with Gasteiger partial charge in [0, 0.05) is 10.9 Å². The normalized spacial score (nSPS) is 10.8. The summed E-state index contributed by atoms with van der Waals surface area (Å²) in [6, 6.07) is 13.8. The van der Waals surface area contributed by atoms with E-state index in [1.54, 1.807) is 19.1 Å². The zero-order chi connectivity index (χ0) is 21.7. The number of halogens is 1. The Bertz CT molecular complexity index is 1020. The second-order valence-corrected chi connectivity index (χ2v) is 8.08. The molecule has 0 radical (unpaired) electrons. The van der Waals surface area contributed by atoms with E-state index in [-0.39, 0.29) is 24.8 Å². The number of esters is 1. The fourth-order valence-corrected chi connectivity index (χ4v) is 4.05. The maximum atomic E-state index is 13.1. The van der Waals surface area contributed by atoms with E-state index in [0.29, 0.717) is 22.0 Å². The summed E-state index contributed by atoms with van der Waals surface area (Å²) < 4.78 is 18.3. The molecular formula is C24H24FNO3S. The van der Waals surface area contributed by atoms with Crippen molar-refractivity contribution in [3.05, 3.63) is 76.4 Å². The molecular weight excluding hydrogens is 401 g/mol. The molecule has 30 heavy (non-hydrogen) atoms. The van der Waals surface area contributed by atoms with Gasteiger partial charge in [-0.3, -0.25) is 4.79 Å². The van der Waals surface area contributed by atoms with Gasteiger partial charge in [0.1, 0.15) is 16.4 Å². The predicted octanol–water partition coefficient (Wildman–Crippen LogP) is 6.04. The monoisotopic (exact) mass is 425 g/mol. The minimum atomic E-state index is -0.473. The van der Waals surface area contributed by atoms with Crippen LogP contribution in [0.2, 0.25) is 0 Å². The van der Waals surface area contributed by atoms with E-state index in [0.717, 1.165) is 11.1 Å². The first-order valence-corrected chi connectivity index (χ1v) is 10.7. The predicted molar refractivity (Wildman–Crippen MR) is 119 cm³/mol. The molecule has 0 saturated heterocycles. The molecule has 4 nitrogen and oxygen atoms in total. The Morgan fingerprint density at radius 2 is 1.73 bits per heavy atom. The van der Waals surface area contributed by atoms with Crippen molar-refractivity contribution in [1.82, 2.24) is 0 Å². The SMILES string of the molecule is CCOC(=O)c1c(-c2ccc(C(C)C)cc2)csc1NC(=O)Cc1ccc(F)cc1. The van der Waals surface area contributed by atoms with Crippen molar-refractivity contribution in [3.8, 4) is 11.1 Å². The fraction of sp³-hybridized carbons (Fsp3) is 0.250. The quantitative estimate of drug-likeness (QED) is 0.470. The highest BCUT2D eigenvalue weighted by Crippen LogP contribution is 2.36. The molecule has 0 aliphatic rings. The molecule has 6 heteroatoms. The number of amides is 1. The van der Waals surface area contributed by atoms with Gasteiger partial charge in [-0.05, 0) is 41.7 Å². The third-order valence-electron chi connectivity index (χ3n) is 4.69. The van der Waals surface area contributed by atoms with Crippen LogP contribution in [0.3, 0.4) is 0 Å². The third-order valence-corrected chi connectivity index (χ3v) is 5.59. The summed E-state index contributed by atoms with van der Waals surface area (Å²) in [4.78, 5) is 25.2. The van der Waals surface area contributed by atoms with E-state index in [1.807, 2.05) is 29.6 Å². The van der Waals surface area contributed by atoms with Gasteiger partial charge in [-0.15, -0.1) is 11.3 Å². The minimum absolute atomic E-state index is 0.0822. The van der Waals surface area contributed by atoms with E-state index < -0.39 is 5.97 Å². The molecule has 1 N–H and O–H groups in total. The standard InChI is InChI=1S/C24H24FNO3S/c1-4-29-24(28)22-20(18-9-7-17(8-10-18)15(2)3)14-30-23(22)26-21(27)13-16-5-11-19(25)12-6-16/h5-12,14-15H,4,13H2,1-3H3,(H,26,27). The minimum Gasteiger partial charge on any atom is -0.462 e. The van der Waals surface area contributed by atoms with Crippen LogP contribution in [0.5, 0.6) is 0 Å². The molecule has 0 aliphatic carbocycles. The van der Waals surface area contributed by atoms with Crippen LogP contribution in [0.1, 0.15) is 48.2 Å². The van der Waals surface area contributed by atoms with Crippen LogP contribution in [-0.2, 0) is 16.0 Å². The largest absolute Gasteiger partial charge is 0.462 e. The second kappa shape index (κ2) is 9.67. The number of carbonyl (C=O) groups is 2. The molecule has 0 fully saturated rings. The Morgan fingerprint density at radius 3 is 2.33 bits per heavy atom. The van der Waals surface area contributed by atoms with Crippen LogP contribution in [0, 0.1) is 5.82 Å². The van der Waals surface area contributed by atoms with E-state index in [2.05, 4.69) is 19.2 Å². The summed E-state index contributed by atoms with van der Waals surface area (Å²) >= 11 is 1.28. The molecule has 0 aliphatic heterocycles. The second-order valence-electron chi connectivity index (χ2n) is 7.20. The molecule has 156 valence electrons. The first-order chi connectivity index (χ1) is 14.4. The summed E-state index contributed by atoms with van der Waals surface area (Å²) in [6.45, 7) is 6.23. The Kier molecular flexibility index (Phi) is 7.00. The van der Waals surface area contributed by atoms with Gasteiger partial charge in [0.15, 0.2) is 0 Å². The molecule has 3 rings (SSSR count). The number of anilines is 1. The molecule has 0 atom stereocenters. The zero-order valence-corrected chi connectivity index (χ0v) is 18.0. The lowest BCUT2D eigenvalue weighted by molar-refractivity contribution is -0.115. The van der Waals surface area contributed by atoms with Crippen molar-refractivity contribution in [1.29, 1.82) is 0 Å². The molecule has 1 heterocycles. The summed E-state index contributed by atoms with van der Waals surface area (Å²) in [6.07, 6.45) is 0.0822. The van der Waals surface area contributed by atoms with Gasteiger partial charge in [-0.25, -0.2) is 9.18 Å². The topological polar surface area (TPSA) is 55.4 Å². The van der Waals surface area contributed by atoms with E-state index in [9.17, 15) is 14.0 Å². The Labute approximate surface area is 179 Å². The van der Waals surface area contributed by atoms with Crippen LogP contribution in [0.25, 0.3) is 11.1 Å². The van der Waals surface area contributed by atoms with Gasteiger partial charge in [-0.2, -0.15) is 0 Å². The van der Waals surface area contributed by atoms with Crippen molar-refractivity contribution in [3.63, 3.8) is 0 Å². The molecule has 0 bridgehead atoms. The van der Waals surface area contributed by atoms with Crippen molar-refractivity contribution in [2.24, 2.45) is 0 Å². The maximum Gasteiger partial charge on any atom is 0.341 e. The number of thiophene rings is 1. The average Bonchev–Trinajstić information content (AvgIpc) is 3.13. The highest BCUT2D eigenvalue weighted by molar-refractivity contribution is 7.15. The molecule has 3 aromatic rings. The van der Waals surface area contributed by atoms with E-state index in [4.69, 9.17) is 4.74 Å². The first kappa shape index (κ1) is 21.7. The molecule has 0 spiro atoms. The Morgan fingerprint density at radius 1 is 1.07 bits per heavy atom. The van der Waals surface area contributed by atoms with Crippen LogP contribution in [0.15, 0.2) is 53.9 Å². The summed E-state index contributed by atoms with van der Waals surface area (Å²) in [7, 11) is 0. The number of rotatable bonds is 7. The Balaban J connectivity index is 1.87. The molecule has 1 amide bonds. The van der Waals surface area contributed by atoms with Gasteiger partial charge in [0.25, 0.3) is 0 Å². The smallest absolute Gasteiger partial charge is 0.341 e. The fourth-order valence-electron chi connectivity index (χ4n) is 3.07. The number of hydrogen-bond donors (Lipinski definition) is 1. The van der Waals surface area contributed by atoms with Gasteiger partial charge in [-0.1, -0.05) is 50.2 Å². The van der Waals surface area contributed by atoms with E-state index >= 15 is 0 Å². The molecule has 2 aromatic carbocycles. The summed E-state index contributed by atoms with van der Waals surface area (Å²) in [5.41, 5.74) is 3.86.